The molecule has 1 heterocycles. The molecule has 9 nitrogen and oxygen atoms in total. The van der Waals surface area contributed by atoms with Gasteiger partial charge in [0.05, 0.1) is 12.8 Å². The molecule has 1 aromatic heterocycles. The highest BCUT2D eigenvalue weighted by Crippen LogP contribution is 2.23. The minimum Gasteiger partial charge on any atom is -0.467 e. The normalized spacial score (nSPS) is 11.6. The zero-order chi connectivity index (χ0) is 25.7. The zero-order valence-corrected chi connectivity index (χ0v) is 18.8. The number of esters is 1. The number of nitrogens with zero attached hydrogens (tertiary/aromatic N) is 1. The van der Waals surface area contributed by atoms with Gasteiger partial charge in [-0.2, -0.15) is 0 Å². The van der Waals surface area contributed by atoms with Gasteiger partial charge in [-0.05, 0) is 30.2 Å². The Balaban J connectivity index is 1.64. The van der Waals surface area contributed by atoms with Crippen LogP contribution in [0.1, 0.15) is 24.4 Å². The molecule has 0 saturated carbocycles. The number of nitrogens with one attached hydrogen (secondary N) is 3. The lowest BCUT2D eigenvalue weighted by atomic mass is 10.0. The van der Waals surface area contributed by atoms with Gasteiger partial charge in [-0.1, -0.05) is 31.1 Å². The maximum absolute atomic E-state index is 13.7. The van der Waals surface area contributed by atoms with Gasteiger partial charge in [-0.3, -0.25) is 4.79 Å². The number of halogens is 3. The molecule has 3 rings (SSSR count). The fourth-order valence-electron chi connectivity index (χ4n) is 2.99. The molecule has 3 amide bonds. The molecule has 0 aliphatic heterocycles. The molecule has 0 saturated heterocycles. The van der Waals surface area contributed by atoms with Crippen LogP contribution >= 0.6 is 0 Å². The van der Waals surface area contributed by atoms with Crippen LogP contribution in [0.2, 0.25) is 0 Å². The number of hydrogen-bond acceptors (Lipinski definition) is 6. The fraction of sp³-hybridized carbons (Fsp3) is 0.217. The molecule has 184 valence electrons. The van der Waals surface area contributed by atoms with Crippen molar-refractivity contribution in [2.75, 3.05) is 17.7 Å². The van der Waals surface area contributed by atoms with Crippen LogP contribution in [-0.4, -0.2) is 36.2 Å². The molecule has 1 atom stereocenters. The first-order valence-corrected chi connectivity index (χ1v) is 10.3. The van der Waals surface area contributed by atoms with Crippen LogP contribution in [0.5, 0.6) is 0 Å². The van der Waals surface area contributed by atoms with Crippen molar-refractivity contribution in [2.24, 2.45) is 5.92 Å². The number of ether oxygens (including phenoxy) is 1. The molecule has 3 N–H and O–H groups in total. The monoisotopic (exact) mass is 490 g/mol. The van der Waals surface area contributed by atoms with Crippen LogP contribution in [0.4, 0.5) is 29.3 Å². The topological polar surface area (TPSA) is 123 Å². The lowest BCUT2D eigenvalue weighted by Gasteiger charge is -2.18. The second-order valence-electron chi connectivity index (χ2n) is 7.67. The fourth-order valence-corrected chi connectivity index (χ4v) is 2.99. The Labute approximate surface area is 197 Å². The molecule has 0 aliphatic rings. The number of benzene rings is 2. The van der Waals surface area contributed by atoms with Gasteiger partial charge in [0.15, 0.2) is 17.5 Å². The highest BCUT2D eigenvalue weighted by atomic mass is 19.2. The van der Waals surface area contributed by atoms with Gasteiger partial charge in [0.1, 0.15) is 11.7 Å². The summed E-state index contributed by atoms with van der Waals surface area (Å²) in [6, 6.07) is 7.35. The van der Waals surface area contributed by atoms with Gasteiger partial charge < -0.3 is 25.2 Å². The summed E-state index contributed by atoms with van der Waals surface area (Å²) in [5.74, 6) is -6.17. The van der Waals surface area contributed by atoms with Crippen LogP contribution < -0.4 is 16.0 Å². The van der Waals surface area contributed by atoms with Gasteiger partial charge in [0.25, 0.3) is 5.91 Å². The Morgan fingerprint density at radius 1 is 0.971 bits per heavy atom. The van der Waals surface area contributed by atoms with Crippen molar-refractivity contribution in [3.8, 4) is 11.3 Å². The van der Waals surface area contributed by atoms with Gasteiger partial charge in [0.2, 0.25) is 5.76 Å². The lowest BCUT2D eigenvalue weighted by molar-refractivity contribution is -0.144. The molecule has 0 bridgehead atoms. The molecule has 0 radical (unpaired) electrons. The average molecular weight is 490 g/mol. The van der Waals surface area contributed by atoms with E-state index >= 15 is 0 Å². The van der Waals surface area contributed by atoms with Gasteiger partial charge in [0, 0.05) is 17.3 Å². The molecule has 12 heteroatoms. The summed E-state index contributed by atoms with van der Waals surface area (Å²) < 4.78 is 49.8. The largest absolute Gasteiger partial charge is 0.467 e. The summed E-state index contributed by atoms with van der Waals surface area (Å²) >= 11 is 0. The summed E-state index contributed by atoms with van der Waals surface area (Å²) in [6.45, 7) is 3.50. The average Bonchev–Trinajstić information content (AvgIpc) is 3.33. The van der Waals surface area contributed by atoms with E-state index in [0.29, 0.717) is 23.0 Å². The van der Waals surface area contributed by atoms with Crippen LogP contribution in [0, 0.1) is 23.4 Å². The van der Waals surface area contributed by atoms with E-state index in [-0.39, 0.29) is 11.7 Å². The quantitative estimate of drug-likeness (QED) is 0.335. The van der Waals surface area contributed by atoms with Crippen LogP contribution in [0.25, 0.3) is 11.3 Å². The number of hydrogen-bond donors (Lipinski definition) is 3. The number of amides is 3. The first kappa shape index (κ1) is 25.3. The van der Waals surface area contributed by atoms with Crippen molar-refractivity contribution < 1.29 is 36.8 Å². The molecule has 0 spiro atoms. The van der Waals surface area contributed by atoms with E-state index in [1.807, 2.05) is 0 Å². The van der Waals surface area contributed by atoms with Crippen LogP contribution in [0.3, 0.4) is 0 Å². The lowest BCUT2D eigenvalue weighted by Crippen LogP contribution is -2.44. The van der Waals surface area contributed by atoms with Crippen molar-refractivity contribution in [1.82, 2.24) is 10.5 Å². The third kappa shape index (κ3) is 5.96. The Morgan fingerprint density at radius 2 is 1.66 bits per heavy atom. The van der Waals surface area contributed by atoms with Crippen molar-refractivity contribution in [3.05, 3.63) is 65.7 Å². The Bertz CT molecular complexity index is 1240. The number of methoxy groups -OCH3 is 1. The number of anilines is 2. The summed E-state index contributed by atoms with van der Waals surface area (Å²) in [7, 11) is 1.22. The number of carbonyl (C=O) groups is 3. The smallest absolute Gasteiger partial charge is 0.328 e. The van der Waals surface area contributed by atoms with Crippen LogP contribution in [-0.2, 0) is 9.53 Å². The third-order valence-electron chi connectivity index (χ3n) is 4.86. The van der Waals surface area contributed by atoms with Gasteiger partial charge in [-0.25, -0.2) is 22.8 Å². The Kier molecular flexibility index (Phi) is 7.74. The number of rotatable bonds is 7. The number of carbonyl (C=O) groups excluding carboxylic acids is 3. The van der Waals surface area contributed by atoms with Gasteiger partial charge >= 0.3 is 12.0 Å². The molecule has 0 fully saturated rings. The highest BCUT2D eigenvalue weighted by molar-refractivity contribution is 6.00. The minimum absolute atomic E-state index is 0.121. The zero-order valence-electron chi connectivity index (χ0n) is 18.8. The Morgan fingerprint density at radius 3 is 2.29 bits per heavy atom. The number of urea groups is 1. The summed E-state index contributed by atoms with van der Waals surface area (Å²) in [4.78, 5) is 36.3. The van der Waals surface area contributed by atoms with Crippen molar-refractivity contribution >= 4 is 29.3 Å². The molecule has 2 aromatic carbocycles. The Hall–Kier alpha value is -4.35. The SMILES string of the molecule is COC(=O)[C@@H](NC(=O)c1cc(-c2ccc(NC(=O)Nc3ccc(F)c(F)c3F)cc2)no1)C(C)C. The summed E-state index contributed by atoms with van der Waals surface area (Å²) in [6.07, 6.45) is 0. The first-order valence-electron chi connectivity index (χ1n) is 10.3. The van der Waals surface area contributed by atoms with E-state index in [1.165, 1.54) is 25.3 Å². The third-order valence-corrected chi connectivity index (χ3v) is 4.86. The van der Waals surface area contributed by atoms with E-state index < -0.39 is 47.1 Å². The second-order valence-corrected chi connectivity index (χ2v) is 7.67. The second kappa shape index (κ2) is 10.7. The van der Waals surface area contributed by atoms with Crippen molar-refractivity contribution in [1.29, 1.82) is 0 Å². The van der Waals surface area contributed by atoms with Crippen molar-refractivity contribution in [2.45, 2.75) is 19.9 Å². The predicted molar refractivity (Wildman–Crippen MR) is 119 cm³/mol. The maximum Gasteiger partial charge on any atom is 0.328 e. The standard InChI is InChI=1S/C23H21F3N4O5/c1-11(2)20(22(32)34-3)29-21(31)17-10-16(30-35-17)12-4-6-13(7-5-12)27-23(33)28-15-9-8-14(24)18(25)19(15)26/h4-11,20H,1-3H3,(H,29,31)(H2,27,28,33)/t20-/m0/s1. The minimum atomic E-state index is -1.70. The molecule has 35 heavy (non-hydrogen) atoms. The predicted octanol–water partition coefficient (Wildman–Crippen LogP) is 4.33. The van der Waals surface area contributed by atoms with E-state index in [1.54, 1.807) is 26.0 Å². The summed E-state index contributed by atoms with van der Waals surface area (Å²) in [5.41, 5.74) is 0.625. The molecule has 0 unspecified atom stereocenters. The van der Waals surface area contributed by atoms with E-state index in [2.05, 4.69) is 25.8 Å². The van der Waals surface area contributed by atoms with E-state index in [0.717, 1.165) is 6.07 Å². The van der Waals surface area contributed by atoms with E-state index in [9.17, 15) is 27.6 Å². The molecular formula is C23H21F3N4O5. The maximum atomic E-state index is 13.7. The first-order chi connectivity index (χ1) is 16.6. The summed E-state index contributed by atoms with van der Waals surface area (Å²) in [5, 5.41) is 10.9. The highest BCUT2D eigenvalue weighted by Gasteiger charge is 2.27. The number of aromatic nitrogens is 1. The molecular weight excluding hydrogens is 469 g/mol. The van der Waals surface area contributed by atoms with Crippen LogP contribution in [0.15, 0.2) is 47.0 Å². The molecule has 3 aromatic rings. The van der Waals surface area contributed by atoms with E-state index in [4.69, 9.17) is 4.52 Å². The van der Waals surface area contributed by atoms with Gasteiger partial charge in [-0.15, -0.1) is 0 Å². The van der Waals surface area contributed by atoms with Crippen molar-refractivity contribution in [3.63, 3.8) is 0 Å². The molecule has 0 aliphatic carbocycles.